The molecule has 0 spiro atoms. The molecule has 46 heavy (non-hydrogen) atoms. The molecule has 0 aliphatic carbocycles. The molecule has 3 heterocycles. The van der Waals surface area contributed by atoms with Crippen LogP contribution >= 0.6 is 11.6 Å². The van der Waals surface area contributed by atoms with Crippen LogP contribution in [0.3, 0.4) is 0 Å². The molecule has 0 saturated carbocycles. The second-order valence-corrected chi connectivity index (χ2v) is 12.1. The highest BCUT2D eigenvalue weighted by Gasteiger charge is 2.30. The lowest BCUT2D eigenvalue weighted by atomic mass is 9.96. The Morgan fingerprint density at radius 3 is 2.65 bits per heavy atom. The Bertz CT molecular complexity index is 1920. The molecular weight excluding hydrogens is 617 g/mol. The van der Waals surface area contributed by atoms with Gasteiger partial charge in [0.05, 0.1) is 29.4 Å². The van der Waals surface area contributed by atoms with Gasteiger partial charge >= 0.3 is 5.97 Å². The van der Waals surface area contributed by atoms with Gasteiger partial charge in [0.15, 0.2) is 0 Å². The molecular formula is C35H36ClF3N4O3. The van der Waals surface area contributed by atoms with Gasteiger partial charge in [-0.1, -0.05) is 36.7 Å². The second-order valence-electron chi connectivity index (χ2n) is 11.7. The highest BCUT2D eigenvalue weighted by molar-refractivity contribution is 6.35. The van der Waals surface area contributed by atoms with E-state index in [4.69, 9.17) is 21.4 Å². The van der Waals surface area contributed by atoms with Gasteiger partial charge in [0.2, 0.25) is 0 Å². The summed E-state index contributed by atoms with van der Waals surface area (Å²) in [4.78, 5) is 14.7. The fraction of sp³-hybridized carbons (Fsp3) is 0.371. The first-order chi connectivity index (χ1) is 22.2. The summed E-state index contributed by atoms with van der Waals surface area (Å²) in [5, 5.41) is 18.2. The first kappa shape index (κ1) is 31.9. The molecule has 0 fully saturated rings. The molecule has 242 valence electrons. The van der Waals surface area contributed by atoms with Crippen molar-refractivity contribution in [3.63, 3.8) is 0 Å². The van der Waals surface area contributed by atoms with Crippen LogP contribution in [0.1, 0.15) is 47.2 Å². The second kappa shape index (κ2) is 13.4. The van der Waals surface area contributed by atoms with Crippen molar-refractivity contribution in [2.45, 2.75) is 52.0 Å². The van der Waals surface area contributed by atoms with E-state index in [9.17, 15) is 23.1 Å². The molecule has 11 heteroatoms. The average Bonchev–Trinajstić information content (AvgIpc) is 3.49. The topological polar surface area (TPSA) is 72.5 Å². The molecule has 1 N–H and O–H groups in total. The molecule has 0 unspecified atom stereocenters. The fourth-order valence-electron chi connectivity index (χ4n) is 6.92. The first-order valence-electron chi connectivity index (χ1n) is 15.6. The number of ether oxygens (including phenoxy) is 1. The monoisotopic (exact) mass is 652 g/mol. The predicted octanol–water partition coefficient (Wildman–Crippen LogP) is 7.77. The summed E-state index contributed by atoms with van der Waals surface area (Å²) < 4.78 is 50.6. The van der Waals surface area contributed by atoms with Crippen molar-refractivity contribution >= 4 is 39.2 Å². The third-order valence-electron chi connectivity index (χ3n) is 8.86. The van der Waals surface area contributed by atoms with Gasteiger partial charge in [-0.25, -0.2) is 18.0 Å². The minimum atomic E-state index is -2.51. The van der Waals surface area contributed by atoms with Crippen LogP contribution in [-0.2, 0) is 32.9 Å². The number of rotatable bonds is 9. The molecule has 7 nitrogen and oxygen atoms in total. The third kappa shape index (κ3) is 6.08. The minimum absolute atomic E-state index is 0.124. The van der Waals surface area contributed by atoms with Crippen molar-refractivity contribution < 1.29 is 27.8 Å². The number of fused-ring (bicyclic) bond motifs is 3. The third-order valence-corrected chi connectivity index (χ3v) is 9.17. The number of alkyl halides is 2. The van der Waals surface area contributed by atoms with E-state index in [0.29, 0.717) is 67.1 Å². The lowest BCUT2D eigenvalue weighted by Gasteiger charge is -2.22. The Morgan fingerprint density at radius 1 is 1.09 bits per heavy atom. The Balaban J connectivity index is 1.44. The van der Waals surface area contributed by atoms with E-state index in [-0.39, 0.29) is 24.6 Å². The quantitative estimate of drug-likeness (QED) is 0.165. The average molecular weight is 653 g/mol. The summed E-state index contributed by atoms with van der Waals surface area (Å²) in [7, 11) is 1.88. The van der Waals surface area contributed by atoms with Crippen molar-refractivity contribution in [2.24, 2.45) is 7.05 Å². The number of carbonyl (C=O) groups is 1. The van der Waals surface area contributed by atoms with Crippen LogP contribution in [0.15, 0.2) is 48.5 Å². The zero-order chi connectivity index (χ0) is 32.5. The highest BCUT2D eigenvalue weighted by atomic mass is 35.5. The summed E-state index contributed by atoms with van der Waals surface area (Å²) in [6.07, 6.45) is 0.278. The molecule has 2 aromatic heterocycles. The number of aromatic nitrogens is 3. The van der Waals surface area contributed by atoms with Crippen LogP contribution in [0.5, 0.6) is 5.75 Å². The van der Waals surface area contributed by atoms with Crippen LogP contribution in [-0.4, -0.2) is 63.0 Å². The Hall–Kier alpha value is -4.02. The number of aryl methyl sites for hydroxylation is 3. The number of hydrogen-bond acceptors (Lipinski definition) is 4. The number of carboxylic acid groups (broad SMARTS) is 1. The number of hydrogen-bond donors (Lipinski definition) is 1. The molecule has 3 aromatic carbocycles. The number of aromatic carboxylic acids is 1. The van der Waals surface area contributed by atoms with Crippen molar-refractivity contribution in [3.05, 3.63) is 82.0 Å². The van der Waals surface area contributed by atoms with Crippen molar-refractivity contribution in [1.82, 2.24) is 19.2 Å². The molecule has 1 aliphatic heterocycles. The van der Waals surface area contributed by atoms with Crippen LogP contribution < -0.4 is 4.74 Å². The fourth-order valence-corrected chi connectivity index (χ4v) is 7.17. The SMILES string of the molecule is CCc1c2c(nn1C)CCCN(CC(F)F)CCn1c(C(=O)O)c(CCCOc3cccc4cc(F)ccc34)c3ccc(Cl)c-2c31. The Labute approximate surface area is 270 Å². The van der Waals surface area contributed by atoms with Crippen LogP contribution in [0.4, 0.5) is 13.2 Å². The summed E-state index contributed by atoms with van der Waals surface area (Å²) in [5.74, 6) is -0.797. The van der Waals surface area contributed by atoms with Gasteiger partial charge in [0.1, 0.15) is 17.3 Å². The number of carboxylic acids is 1. The summed E-state index contributed by atoms with van der Waals surface area (Å²) in [5.41, 5.74) is 4.86. The summed E-state index contributed by atoms with van der Waals surface area (Å²) >= 11 is 6.98. The lowest BCUT2D eigenvalue weighted by Crippen LogP contribution is -2.33. The standard InChI is InChI=1S/C35H36ClF3N4O3/c1-3-28-32-27(40-41(28)2)9-5-15-42(20-30(38)39)16-17-43-33-25(13-14-26(36)31(32)33)24(34(43)35(44)45)8-6-18-46-29-10-4-7-21-19-22(37)11-12-23(21)29/h4,7,10-14,19,30H,3,5-6,8-9,15-18,20H2,1-2H3,(H,44,45). The molecule has 0 saturated heterocycles. The molecule has 5 aromatic rings. The number of benzene rings is 3. The van der Waals surface area contributed by atoms with E-state index in [0.717, 1.165) is 38.7 Å². The van der Waals surface area contributed by atoms with Crippen LogP contribution in [0, 0.1) is 5.82 Å². The van der Waals surface area contributed by atoms with E-state index in [1.165, 1.54) is 12.1 Å². The number of nitrogens with zero attached hydrogens (tertiary/aromatic N) is 4. The summed E-state index contributed by atoms with van der Waals surface area (Å²) in [6.45, 7) is 2.85. The van der Waals surface area contributed by atoms with E-state index in [2.05, 4.69) is 0 Å². The Morgan fingerprint density at radius 2 is 1.89 bits per heavy atom. The van der Waals surface area contributed by atoms with Crippen molar-refractivity contribution in [3.8, 4) is 16.9 Å². The lowest BCUT2D eigenvalue weighted by molar-refractivity contribution is 0.0677. The van der Waals surface area contributed by atoms with E-state index in [1.54, 1.807) is 15.5 Å². The van der Waals surface area contributed by atoms with E-state index in [1.807, 2.05) is 49.0 Å². The van der Waals surface area contributed by atoms with Crippen LogP contribution in [0.2, 0.25) is 5.02 Å². The normalized spacial score (nSPS) is 14.2. The largest absolute Gasteiger partial charge is 0.493 e. The molecule has 6 rings (SSSR count). The molecule has 0 amide bonds. The molecule has 0 atom stereocenters. The Kier molecular flexibility index (Phi) is 9.29. The number of halogens is 4. The van der Waals surface area contributed by atoms with Gasteiger partial charge in [0, 0.05) is 47.7 Å². The van der Waals surface area contributed by atoms with Crippen LogP contribution in [0.25, 0.3) is 32.8 Å². The van der Waals surface area contributed by atoms with E-state index >= 15 is 0 Å². The van der Waals surface area contributed by atoms with Gasteiger partial charge in [-0.2, -0.15) is 5.10 Å². The maximum Gasteiger partial charge on any atom is 0.352 e. The smallest absolute Gasteiger partial charge is 0.352 e. The maximum absolute atomic E-state index is 13.8. The highest BCUT2D eigenvalue weighted by Crippen LogP contribution is 2.43. The van der Waals surface area contributed by atoms with Crippen molar-refractivity contribution in [2.75, 3.05) is 26.2 Å². The molecule has 0 bridgehead atoms. The summed E-state index contributed by atoms with van der Waals surface area (Å²) in [6, 6.07) is 13.7. The first-order valence-corrected chi connectivity index (χ1v) is 16.0. The minimum Gasteiger partial charge on any atom is -0.493 e. The van der Waals surface area contributed by atoms with Gasteiger partial charge in [-0.05, 0) is 79.9 Å². The van der Waals surface area contributed by atoms with Gasteiger partial charge in [-0.3, -0.25) is 9.58 Å². The van der Waals surface area contributed by atoms with Crippen molar-refractivity contribution in [1.29, 1.82) is 0 Å². The zero-order valence-electron chi connectivity index (χ0n) is 25.8. The molecule has 0 radical (unpaired) electrons. The van der Waals surface area contributed by atoms with E-state index < -0.39 is 18.9 Å². The van der Waals surface area contributed by atoms with Gasteiger partial charge < -0.3 is 14.4 Å². The van der Waals surface area contributed by atoms with Gasteiger partial charge in [0.25, 0.3) is 6.43 Å². The van der Waals surface area contributed by atoms with Gasteiger partial charge in [-0.15, -0.1) is 0 Å². The molecule has 1 aliphatic rings. The predicted molar refractivity (Wildman–Crippen MR) is 174 cm³/mol. The maximum atomic E-state index is 13.8. The zero-order valence-corrected chi connectivity index (χ0v) is 26.6.